The summed E-state index contributed by atoms with van der Waals surface area (Å²) in [6.07, 6.45) is 8.00. The molecule has 0 radical (unpaired) electrons. The highest BCUT2D eigenvalue weighted by molar-refractivity contribution is 7.89. The Balaban J connectivity index is 1.62. The molecule has 1 fully saturated rings. The SMILES string of the molecule is CCCCCC(=O)N1CCN(S(=O)(=O)c2ccc3c(c2)CCCC3)CC1. The van der Waals surface area contributed by atoms with Gasteiger partial charge in [0.05, 0.1) is 4.90 Å². The Kier molecular flexibility index (Phi) is 6.35. The van der Waals surface area contributed by atoms with Gasteiger partial charge in [-0.25, -0.2) is 8.42 Å². The number of benzene rings is 1. The van der Waals surface area contributed by atoms with Crippen molar-refractivity contribution in [1.82, 2.24) is 9.21 Å². The van der Waals surface area contributed by atoms with Gasteiger partial charge in [0.1, 0.15) is 0 Å². The highest BCUT2D eigenvalue weighted by Gasteiger charge is 2.30. The van der Waals surface area contributed by atoms with E-state index in [1.807, 2.05) is 17.0 Å². The molecular weight excluding hydrogens is 348 g/mol. The number of carbonyl (C=O) groups is 1. The monoisotopic (exact) mass is 378 g/mol. The average molecular weight is 379 g/mol. The second kappa shape index (κ2) is 8.53. The van der Waals surface area contributed by atoms with Gasteiger partial charge in [0.25, 0.3) is 0 Å². The largest absolute Gasteiger partial charge is 0.340 e. The minimum absolute atomic E-state index is 0.157. The number of piperazine rings is 1. The van der Waals surface area contributed by atoms with Gasteiger partial charge in [-0.3, -0.25) is 4.79 Å². The summed E-state index contributed by atoms with van der Waals surface area (Å²) in [4.78, 5) is 14.4. The van der Waals surface area contributed by atoms with E-state index in [-0.39, 0.29) is 5.91 Å². The molecular formula is C20H30N2O3S. The second-order valence-corrected chi connectivity index (χ2v) is 9.32. The van der Waals surface area contributed by atoms with E-state index < -0.39 is 10.0 Å². The van der Waals surface area contributed by atoms with Crippen molar-refractivity contribution in [2.45, 2.75) is 63.2 Å². The van der Waals surface area contributed by atoms with Crippen molar-refractivity contribution < 1.29 is 13.2 Å². The lowest BCUT2D eigenvalue weighted by molar-refractivity contribution is -0.132. The number of aryl methyl sites for hydroxylation is 2. The van der Waals surface area contributed by atoms with Crippen LogP contribution in [0.4, 0.5) is 0 Å². The van der Waals surface area contributed by atoms with Crippen LogP contribution in [0.15, 0.2) is 23.1 Å². The van der Waals surface area contributed by atoms with Crippen LogP contribution in [0, 0.1) is 0 Å². The van der Waals surface area contributed by atoms with Crippen molar-refractivity contribution in [2.24, 2.45) is 0 Å². The van der Waals surface area contributed by atoms with Crippen LogP contribution in [0.2, 0.25) is 0 Å². The number of unbranched alkanes of at least 4 members (excludes halogenated alkanes) is 2. The number of nitrogens with zero attached hydrogens (tertiary/aromatic N) is 2. The van der Waals surface area contributed by atoms with Crippen molar-refractivity contribution in [3.8, 4) is 0 Å². The summed E-state index contributed by atoms with van der Waals surface area (Å²) < 4.78 is 27.5. The van der Waals surface area contributed by atoms with Gasteiger partial charge in [-0.15, -0.1) is 0 Å². The summed E-state index contributed by atoms with van der Waals surface area (Å²) >= 11 is 0. The van der Waals surface area contributed by atoms with Gasteiger partial charge in [-0.2, -0.15) is 4.31 Å². The minimum atomic E-state index is -3.47. The van der Waals surface area contributed by atoms with Gasteiger partial charge < -0.3 is 4.90 Å². The van der Waals surface area contributed by atoms with Gasteiger partial charge in [0.2, 0.25) is 15.9 Å². The summed E-state index contributed by atoms with van der Waals surface area (Å²) in [5.74, 6) is 0.157. The van der Waals surface area contributed by atoms with Crippen molar-refractivity contribution in [2.75, 3.05) is 26.2 Å². The molecule has 1 amide bonds. The van der Waals surface area contributed by atoms with E-state index in [0.717, 1.165) is 38.5 Å². The number of hydrogen-bond donors (Lipinski definition) is 0. The third-order valence-electron chi connectivity index (χ3n) is 5.54. The number of amides is 1. The summed E-state index contributed by atoms with van der Waals surface area (Å²) in [5.41, 5.74) is 2.47. The smallest absolute Gasteiger partial charge is 0.243 e. The molecule has 0 bridgehead atoms. The highest BCUT2D eigenvalue weighted by Crippen LogP contribution is 2.26. The fourth-order valence-electron chi connectivity index (χ4n) is 3.88. The third-order valence-corrected chi connectivity index (χ3v) is 7.44. The predicted octanol–water partition coefficient (Wildman–Crippen LogP) is 2.98. The molecule has 1 aliphatic heterocycles. The van der Waals surface area contributed by atoms with E-state index in [0.29, 0.717) is 37.5 Å². The zero-order chi connectivity index (χ0) is 18.6. The molecule has 26 heavy (non-hydrogen) atoms. The van der Waals surface area contributed by atoms with Gasteiger partial charge in [0.15, 0.2) is 0 Å². The number of sulfonamides is 1. The van der Waals surface area contributed by atoms with E-state index in [2.05, 4.69) is 6.92 Å². The Morgan fingerprint density at radius 1 is 1.00 bits per heavy atom. The number of carbonyl (C=O) groups excluding carboxylic acids is 1. The first-order chi connectivity index (χ1) is 12.5. The predicted molar refractivity (Wildman–Crippen MR) is 103 cm³/mol. The summed E-state index contributed by atoms with van der Waals surface area (Å²) in [7, 11) is -3.47. The maximum Gasteiger partial charge on any atom is 0.243 e. The zero-order valence-electron chi connectivity index (χ0n) is 15.7. The van der Waals surface area contributed by atoms with Crippen LogP contribution in [0.25, 0.3) is 0 Å². The third kappa shape index (κ3) is 4.29. The second-order valence-electron chi connectivity index (χ2n) is 7.38. The Bertz CT molecular complexity index is 737. The first-order valence-corrected chi connectivity index (χ1v) is 11.4. The number of fused-ring (bicyclic) bond motifs is 1. The zero-order valence-corrected chi connectivity index (χ0v) is 16.6. The molecule has 0 aromatic heterocycles. The minimum Gasteiger partial charge on any atom is -0.340 e. The molecule has 1 aromatic carbocycles. The number of rotatable bonds is 6. The molecule has 5 nitrogen and oxygen atoms in total. The molecule has 0 atom stereocenters. The molecule has 2 aliphatic rings. The fraction of sp³-hybridized carbons (Fsp3) is 0.650. The molecule has 3 rings (SSSR count). The topological polar surface area (TPSA) is 57.7 Å². The lowest BCUT2D eigenvalue weighted by Gasteiger charge is -2.34. The van der Waals surface area contributed by atoms with E-state index >= 15 is 0 Å². The van der Waals surface area contributed by atoms with Gasteiger partial charge in [-0.1, -0.05) is 25.8 Å². The van der Waals surface area contributed by atoms with E-state index in [1.165, 1.54) is 21.9 Å². The van der Waals surface area contributed by atoms with E-state index in [9.17, 15) is 13.2 Å². The van der Waals surface area contributed by atoms with E-state index in [4.69, 9.17) is 0 Å². The van der Waals surface area contributed by atoms with Gasteiger partial charge >= 0.3 is 0 Å². The maximum absolute atomic E-state index is 13.0. The summed E-state index contributed by atoms with van der Waals surface area (Å²) in [5, 5.41) is 0. The Labute approximate surface area is 157 Å². The Morgan fingerprint density at radius 3 is 2.38 bits per heavy atom. The molecule has 144 valence electrons. The van der Waals surface area contributed by atoms with Gasteiger partial charge in [-0.05, 0) is 55.4 Å². The van der Waals surface area contributed by atoms with Crippen molar-refractivity contribution in [3.63, 3.8) is 0 Å². The highest BCUT2D eigenvalue weighted by atomic mass is 32.2. The van der Waals surface area contributed by atoms with Crippen LogP contribution >= 0.6 is 0 Å². The maximum atomic E-state index is 13.0. The quantitative estimate of drug-likeness (QED) is 0.715. The van der Waals surface area contributed by atoms with Crippen molar-refractivity contribution in [3.05, 3.63) is 29.3 Å². The van der Waals surface area contributed by atoms with Gasteiger partial charge in [0, 0.05) is 32.6 Å². The Morgan fingerprint density at radius 2 is 1.69 bits per heavy atom. The van der Waals surface area contributed by atoms with E-state index in [1.54, 1.807) is 6.07 Å². The first kappa shape index (κ1) is 19.4. The van der Waals surface area contributed by atoms with Crippen molar-refractivity contribution in [1.29, 1.82) is 0 Å². The van der Waals surface area contributed by atoms with Crippen molar-refractivity contribution >= 4 is 15.9 Å². The van der Waals surface area contributed by atoms with Crippen LogP contribution in [0.1, 0.15) is 56.6 Å². The molecule has 0 N–H and O–H groups in total. The molecule has 0 saturated carbocycles. The number of hydrogen-bond acceptors (Lipinski definition) is 3. The molecule has 1 heterocycles. The lowest BCUT2D eigenvalue weighted by atomic mass is 9.92. The molecule has 0 unspecified atom stereocenters. The summed E-state index contributed by atoms with van der Waals surface area (Å²) in [6, 6.07) is 5.60. The first-order valence-electron chi connectivity index (χ1n) is 9.92. The Hall–Kier alpha value is -1.40. The van der Waals surface area contributed by atoms with Crippen LogP contribution in [-0.2, 0) is 27.7 Å². The standard InChI is InChI=1S/C20H30N2O3S/c1-2-3-4-9-20(23)21-12-14-22(15-13-21)26(24,25)19-11-10-17-7-5-6-8-18(17)16-19/h10-11,16H,2-9,12-15H2,1H3. The van der Waals surface area contributed by atoms with Crippen LogP contribution in [0.5, 0.6) is 0 Å². The molecule has 0 spiro atoms. The molecule has 1 aliphatic carbocycles. The molecule has 1 aromatic rings. The van der Waals surface area contributed by atoms with Crippen LogP contribution in [-0.4, -0.2) is 49.7 Å². The molecule has 1 saturated heterocycles. The van der Waals surface area contributed by atoms with Crippen LogP contribution in [0.3, 0.4) is 0 Å². The average Bonchev–Trinajstić information content (AvgIpc) is 2.67. The molecule has 6 heteroatoms. The fourth-order valence-corrected chi connectivity index (χ4v) is 5.35. The van der Waals surface area contributed by atoms with Crippen LogP contribution < -0.4 is 0 Å². The summed E-state index contributed by atoms with van der Waals surface area (Å²) in [6.45, 7) is 3.89. The normalized spacial score (nSPS) is 18.6. The lowest BCUT2D eigenvalue weighted by Crippen LogP contribution is -2.50.